The molecule has 1 heteroatoms. The van der Waals surface area contributed by atoms with Gasteiger partial charge in [-0.15, -0.1) is 0 Å². The van der Waals surface area contributed by atoms with E-state index in [0.29, 0.717) is 15.8 Å². The van der Waals surface area contributed by atoms with E-state index >= 15 is 0 Å². The second-order valence-corrected chi connectivity index (χ2v) is 4.88. The molecule has 0 amide bonds. The molecule has 0 heterocycles. The first-order chi connectivity index (χ1) is 2.81. The van der Waals surface area contributed by atoms with Crippen molar-refractivity contribution in [3.63, 3.8) is 0 Å². The van der Waals surface area contributed by atoms with E-state index in [1.54, 1.807) is 0 Å². The van der Waals surface area contributed by atoms with Crippen molar-refractivity contribution in [3.8, 4) is 0 Å². The van der Waals surface area contributed by atoms with Crippen LogP contribution >= 0.6 is 0 Å². The third kappa shape index (κ3) is 2.78. The minimum atomic E-state index is 0.438. The van der Waals surface area contributed by atoms with E-state index in [-0.39, 0.29) is 0 Å². The Bertz CT molecular complexity index is 23.1. The second-order valence-electron chi connectivity index (χ2n) is 1.60. The molecule has 0 aromatic rings. The van der Waals surface area contributed by atoms with Gasteiger partial charge in [-0.1, -0.05) is 0 Å². The van der Waals surface area contributed by atoms with Crippen LogP contribution in [0.25, 0.3) is 0 Å². The van der Waals surface area contributed by atoms with Gasteiger partial charge in [0.25, 0.3) is 0 Å². The predicted octanol–water partition coefficient (Wildman–Crippen LogP) is 1.69. The second kappa shape index (κ2) is 3.74. The van der Waals surface area contributed by atoms with Crippen LogP contribution in [0.1, 0.15) is 20.3 Å². The van der Waals surface area contributed by atoms with Crippen molar-refractivity contribution in [1.29, 1.82) is 0 Å². The van der Waals surface area contributed by atoms with Gasteiger partial charge in [0.2, 0.25) is 0 Å². The van der Waals surface area contributed by atoms with Crippen LogP contribution in [0.3, 0.4) is 0 Å². The molecule has 0 bridgehead atoms. The van der Waals surface area contributed by atoms with Crippen molar-refractivity contribution in [1.82, 2.24) is 0 Å². The van der Waals surface area contributed by atoms with Crippen molar-refractivity contribution in [3.05, 3.63) is 0 Å². The Labute approximate surface area is 47.0 Å². The minimum absolute atomic E-state index is 0.438. The zero-order chi connectivity index (χ0) is 4.99. The summed E-state index contributed by atoms with van der Waals surface area (Å²) in [6.07, 6.45) is 1.39. The standard InChI is InChI=1S/C5H13As/c1-4-5(2)6-3/h5-6H,4H2,1-3H3. The van der Waals surface area contributed by atoms with Crippen molar-refractivity contribution in [2.45, 2.75) is 30.7 Å². The van der Waals surface area contributed by atoms with Crippen molar-refractivity contribution >= 4 is 15.8 Å². The summed E-state index contributed by atoms with van der Waals surface area (Å²) in [7, 11) is 0. The van der Waals surface area contributed by atoms with Gasteiger partial charge < -0.3 is 0 Å². The van der Waals surface area contributed by atoms with Gasteiger partial charge in [0.1, 0.15) is 0 Å². The van der Waals surface area contributed by atoms with Gasteiger partial charge in [0.15, 0.2) is 0 Å². The Morgan fingerprint density at radius 3 is 2.17 bits per heavy atom. The summed E-state index contributed by atoms with van der Waals surface area (Å²) < 4.78 is 1.06. The van der Waals surface area contributed by atoms with Gasteiger partial charge in [0, 0.05) is 0 Å². The third-order valence-corrected chi connectivity index (χ3v) is 4.03. The molecule has 2 atom stereocenters. The van der Waals surface area contributed by atoms with E-state index in [1.807, 2.05) is 0 Å². The van der Waals surface area contributed by atoms with E-state index < -0.39 is 0 Å². The Hall–Kier alpha value is 0.558. The molecule has 0 spiro atoms. The fourth-order valence-corrected chi connectivity index (χ4v) is 1.06. The fourth-order valence-electron chi connectivity index (χ4n) is 0.204. The van der Waals surface area contributed by atoms with E-state index in [0.717, 1.165) is 4.71 Å². The molecule has 0 aromatic carbocycles. The molecule has 6 heavy (non-hydrogen) atoms. The van der Waals surface area contributed by atoms with Gasteiger partial charge in [-0.25, -0.2) is 0 Å². The van der Waals surface area contributed by atoms with Crippen LogP contribution < -0.4 is 0 Å². The Balaban J connectivity index is 2.75. The van der Waals surface area contributed by atoms with E-state index in [1.165, 1.54) is 6.42 Å². The summed E-state index contributed by atoms with van der Waals surface area (Å²) in [5, 5.41) is 0. The normalized spacial score (nSPS) is 16.5. The quantitative estimate of drug-likeness (QED) is 0.522. The van der Waals surface area contributed by atoms with Gasteiger partial charge in [-0.2, -0.15) is 0 Å². The summed E-state index contributed by atoms with van der Waals surface area (Å²) in [6, 6.07) is 0. The van der Waals surface area contributed by atoms with E-state index in [4.69, 9.17) is 0 Å². The molecule has 0 nitrogen and oxygen atoms in total. The van der Waals surface area contributed by atoms with Crippen LogP contribution in [0.2, 0.25) is 10.4 Å². The monoisotopic (exact) mass is 148 g/mol. The van der Waals surface area contributed by atoms with Crippen molar-refractivity contribution in [2.75, 3.05) is 0 Å². The zero-order valence-electron chi connectivity index (χ0n) is 4.78. The summed E-state index contributed by atoms with van der Waals surface area (Å²) in [5.74, 6) is 0. The molecular formula is C5H13As. The molecule has 0 saturated heterocycles. The SMILES string of the molecule is CCC(C)[AsH]C. The molecule has 0 saturated carbocycles. The van der Waals surface area contributed by atoms with Gasteiger partial charge in [-0.05, 0) is 0 Å². The van der Waals surface area contributed by atoms with Crippen LogP contribution in [-0.2, 0) is 0 Å². The predicted molar refractivity (Wildman–Crippen MR) is 32.7 cm³/mol. The number of hydrogen-bond acceptors (Lipinski definition) is 0. The van der Waals surface area contributed by atoms with E-state index in [2.05, 4.69) is 19.6 Å². The topological polar surface area (TPSA) is 0 Å². The van der Waals surface area contributed by atoms with E-state index in [9.17, 15) is 0 Å². The number of rotatable bonds is 2. The molecule has 0 radical (unpaired) electrons. The summed E-state index contributed by atoms with van der Waals surface area (Å²) >= 11 is 0.438. The molecule has 0 aliphatic carbocycles. The van der Waals surface area contributed by atoms with Crippen LogP contribution in [0.15, 0.2) is 0 Å². The van der Waals surface area contributed by atoms with Crippen LogP contribution in [-0.4, -0.2) is 15.8 Å². The molecule has 0 fully saturated rings. The van der Waals surface area contributed by atoms with Crippen molar-refractivity contribution < 1.29 is 0 Å². The first-order valence-electron chi connectivity index (χ1n) is 2.48. The summed E-state index contributed by atoms with van der Waals surface area (Å²) in [5.41, 5.74) is 2.36. The first-order valence-corrected chi connectivity index (χ1v) is 5.79. The van der Waals surface area contributed by atoms with Crippen LogP contribution in [0, 0.1) is 0 Å². The molecular weight excluding hydrogens is 135 g/mol. The van der Waals surface area contributed by atoms with Crippen LogP contribution in [0.4, 0.5) is 0 Å². The third-order valence-electron chi connectivity index (χ3n) is 1.11. The molecule has 0 aliphatic rings. The average molecular weight is 148 g/mol. The summed E-state index contributed by atoms with van der Waals surface area (Å²) in [4.78, 5) is 0. The Morgan fingerprint density at radius 2 is 2.17 bits per heavy atom. The zero-order valence-corrected chi connectivity index (χ0v) is 6.88. The maximum atomic E-state index is 2.36. The average Bonchev–Trinajstić information content (AvgIpc) is 1.65. The molecule has 0 rings (SSSR count). The molecule has 0 N–H and O–H groups in total. The van der Waals surface area contributed by atoms with Gasteiger partial charge >= 0.3 is 46.4 Å². The molecule has 38 valence electrons. The maximum absolute atomic E-state index is 2.36. The molecule has 0 aromatic heterocycles. The van der Waals surface area contributed by atoms with Gasteiger partial charge in [0.05, 0.1) is 0 Å². The summed E-state index contributed by atoms with van der Waals surface area (Å²) in [6.45, 7) is 4.59. The Morgan fingerprint density at radius 1 is 1.67 bits per heavy atom. The Kier molecular flexibility index (Phi) is 4.09. The van der Waals surface area contributed by atoms with Gasteiger partial charge in [-0.3, -0.25) is 0 Å². The first kappa shape index (κ1) is 6.56. The number of hydrogen-bond donors (Lipinski definition) is 0. The molecule has 2 unspecified atom stereocenters. The van der Waals surface area contributed by atoms with Crippen molar-refractivity contribution in [2.24, 2.45) is 0 Å². The fraction of sp³-hybridized carbons (Fsp3) is 1.00. The van der Waals surface area contributed by atoms with Crippen LogP contribution in [0.5, 0.6) is 0 Å². The molecule has 0 aliphatic heterocycles.